The summed E-state index contributed by atoms with van der Waals surface area (Å²) in [5, 5.41) is 17.3. The monoisotopic (exact) mass is 330 g/mol. The summed E-state index contributed by atoms with van der Waals surface area (Å²) in [4.78, 5) is 2.50. The second-order valence-corrected chi connectivity index (χ2v) is 6.81. The summed E-state index contributed by atoms with van der Waals surface area (Å²) in [5.41, 5.74) is 2.63. The lowest BCUT2D eigenvalue weighted by atomic mass is 10.2. The summed E-state index contributed by atoms with van der Waals surface area (Å²) in [7, 11) is 0. The topological polar surface area (TPSA) is 35.8 Å². The Balaban J connectivity index is 1.74. The molecule has 2 aromatic heterocycles. The van der Waals surface area contributed by atoms with Gasteiger partial charge in [0.1, 0.15) is 6.07 Å². The lowest BCUT2D eigenvalue weighted by Crippen LogP contribution is -1.99. The van der Waals surface area contributed by atoms with E-state index in [-0.39, 0.29) is 0 Å². The van der Waals surface area contributed by atoms with Crippen LogP contribution >= 0.6 is 34.3 Å². The third-order valence-corrected chi connectivity index (χ3v) is 5.11. The fraction of sp³-hybridized carbons (Fsp3) is 0.0625. The number of benzene rings is 1. The minimum atomic E-state index is 0.606. The first-order valence-corrected chi connectivity index (χ1v) is 8.45. The number of hydrogen-bond acceptors (Lipinski definition) is 4. The van der Waals surface area contributed by atoms with Crippen molar-refractivity contribution in [1.82, 2.24) is 0 Å². The maximum atomic E-state index is 9.11. The Morgan fingerprint density at radius 1 is 1.19 bits per heavy atom. The zero-order chi connectivity index (χ0) is 14.7. The SMILES string of the molecule is N#Cc1ccc(Cl)cc1NCc1cc(-c2cccs2)cs1. The molecule has 0 aliphatic heterocycles. The van der Waals surface area contributed by atoms with Crippen LogP contribution in [0.4, 0.5) is 5.69 Å². The third-order valence-electron chi connectivity index (χ3n) is 3.01. The summed E-state index contributed by atoms with van der Waals surface area (Å²) >= 11 is 9.43. The molecule has 1 aromatic carbocycles. The van der Waals surface area contributed by atoms with Crippen LogP contribution in [0.15, 0.2) is 47.2 Å². The van der Waals surface area contributed by atoms with E-state index in [1.807, 2.05) is 0 Å². The molecule has 0 aliphatic rings. The van der Waals surface area contributed by atoms with Gasteiger partial charge in [-0.2, -0.15) is 5.26 Å². The van der Waals surface area contributed by atoms with Crippen molar-refractivity contribution in [3.63, 3.8) is 0 Å². The van der Waals surface area contributed by atoms with Gasteiger partial charge in [0.15, 0.2) is 0 Å². The highest BCUT2D eigenvalue weighted by Gasteiger charge is 2.06. The van der Waals surface area contributed by atoms with Gasteiger partial charge in [0, 0.05) is 26.9 Å². The first-order chi connectivity index (χ1) is 10.3. The fourth-order valence-electron chi connectivity index (χ4n) is 1.99. The van der Waals surface area contributed by atoms with E-state index >= 15 is 0 Å². The van der Waals surface area contributed by atoms with Crippen molar-refractivity contribution in [3.05, 3.63) is 62.6 Å². The van der Waals surface area contributed by atoms with Crippen molar-refractivity contribution in [1.29, 1.82) is 5.26 Å². The van der Waals surface area contributed by atoms with Crippen molar-refractivity contribution in [2.45, 2.75) is 6.54 Å². The van der Waals surface area contributed by atoms with Gasteiger partial charge in [-0.05, 0) is 41.1 Å². The molecule has 0 amide bonds. The van der Waals surface area contributed by atoms with Gasteiger partial charge in [-0.1, -0.05) is 17.7 Å². The molecule has 21 heavy (non-hydrogen) atoms. The van der Waals surface area contributed by atoms with Crippen molar-refractivity contribution < 1.29 is 0 Å². The molecule has 3 aromatic rings. The molecule has 2 nitrogen and oxygen atoms in total. The molecule has 0 bridgehead atoms. The van der Waals surface area contributed by atoms with Crippen molar-refractivity contribution in [2.24, 2.45) is 0 Å². The minimum absolute atomic E-state index is 0.606. The molecule has 5 heteroatoms. The Morgan fingerprint density at radius 3 is 2.86 bits per heavy atom. The number of halogens is 1. The average Bonchev–Trinajstić information content (AvgIpc) is 3.16. The predicted molar refractivity (Wildman–Crippen MR) is 91.1 cm³/mol. The fourth-order valence-corrected chi connectivity index (χ4v) is 3.77. The molecule has 3 rings (SSSR count). The van der Waals surface area contributed by atoms with Gasteiger partial charge in [-0.3, -0.25) is 0 Å². The molecule has 0 unspecified atom stereocenters. The molecule has 0 atom stereocenters. The van der Waals surface area contributed by atoms with Crippen LogP contribution in [0.25, 0.3) is 10.4 Å². The molecule has 0 saturated heterocycles. The Labute approximate surface area is 136 Å². The summed E-state index contributed by atoms with van der Waals surface area (Å²) in [6.07, 6.45) is 0. The van der Waals surface area contributed by atoms with Crippen LogP contribution < -0.4 is 5.32 Å². The van der Waals surface area contributed by atoms with Crippen LogP contribution in [-0.4, -0.2) is 0 Å². The van der Waals surface area contributed by atoms with Gasteiger partial charge in [-0.25, -0.2) is 0 Å². The number of nitrogens with one attached hydrogen (secondary N) is 1. The number of anilines is 1. The second kappa shape index (κ2) is 6.31. The standard InChI is InChI=1S/C16H11ClN2S2/c17-13-4-3-11(8-18)15(7-13)19-9-14-6-12(10-21-14)16-2-1-5-20-16/h1-7,10,19H,9H2. The lowest BCUT2D eigenvalue weighted by molar-refractivity contribution is 1.19. The molecular formula is C16H11ClN2S2. The first-order valence-electron chi connectivity index (χ1n) is 6.31. The number of thiophene rings is 2. The largest absolute Gasteiger partial charge is 0.379 e. The number of hydrogen-bond donors (Lipinski definition) is 1. The van der Waals surface area contributed by atoms with E-state index in [4.69, 9.17) is 16.9 Å². The Hall–Kier alpha value is -1.80. The molecule has 0 spiro atoms. The quantitative estimate of drug-likeness (QED) is 0.674. The van der Waals surface area contributed by atoms with Gasteiger partial charge in [-0.15, -0.1) is 22.7 Å². The van der Waals surface area contributed by atoms with E-state index in [0.717, 1.165) is 5.69 Å². The number of rotatable bonds is 4. The number of nitrogens with zero attached hydrogens (tertiary/aromatic N) is 1. The summed E-state index contributed by atoms with van der Waals surface area (Å²) in [6.45, 7) is 0.686. The Bertz CT molecular complexity index is 785. The van der Waals surface area contributed by atoms with Gasteiger partial charge in [0.25, 0.3) is 0 Å². The van der Waals surface area contributed by atoms with Crippen molar-refractivity contribution >= 4 is 40.0 Å². The summed E-state index contributed by atoms with van der Waals surface area (Å²) < 4.78 is 0. The molecule has 1 N–H and O–H groups in total. The van der Waals surface area contributed by atoms with Crippen molar-refractivity contribution in [3.8, 4) is 16.5 Å². The zero-order valence-corrected chi connectivity index (χ0v) is 13.4. The second-order valence-electron chi connectivity index (χ2n) is 4.43. The van der Waals surface area contributed by atoms with Crippen LogP contribution in [0.5, 0.6) is 0 Å². The highest BCUT2D eigenvalue weighted by atomic mass is 35.5. The van der Waals surface area contributed by atoms with Crippen molar-refractivity contribution in [2.75, 3.05) is 5.32 Å². The van der Waals surface area contributed by atoms with Gasteiger partial charge < -0.3 is 5.32 Å². The summed E-state index contributed by atoms with van der Waals surface area (Å²) in [6, 6.07) is 13.8. The zero-order valence-electron chi connectivity index (χ0n) is 11.0. The molecule has 2 heterocycles. The normalized spacial score (nSPS) is 10.3. The molecule has 0 saturated carbocycles. The molecule has 0 aliphatic carbocycles. The smallest absolute Gasteiger partial charge is 0.101 e. The average molecular weight is 331 g/mol. The van der Waals surface area contributed by atoms with Gasteiger partial charge in [0.05, 0.1) is 11.3 Å². The van der Waals surface area contributed by atoms with E-state index in [9.17, 15) is 0 Å². The number of nitriles is 1. The molecular weight excluding hydrogens is 320 g/mol. The first kappa shape index (κ1) is 14.2. The van der Waals surface area contributed by atoms with Crippen LogP contribution in [-0.2, 0) is 6.54 Å². The molecule has 0 radical (unpaired) electrons. The maximum Gasteiger partial charge on any atom is 0.101 e. The van der Waals surface area contributed by atoms with Crippen LogP contribution in [0, 0.1) is 11.3 Å². The molecule has 104 valence electrons. The van der Waals surface area contributed by atoms with E-state index < -0.39 is 0 Å². The minimum Gasteiger partial charge on any atom is -0.379 e. The molecule has 0 fully saturated rings. The van der Waals surface area contributed by atoms with E-state index in [1.54, 1.807) is 40.9 Å². The van der Waals surface area contributed by atoms with Crippen LogP contribution in [0.2, 0.25) is 5.02 Å². The maximum absolute atomic E-state index is 9.11. The van der Waals surface area contributed by atoms with Crippen LogP contribution in [0.1, 0.15) is 10.4 Å². The van der Waals surface area contributed by atoms with Gasteiger partial charge >= 0.3 is 0 Å². The van der Waals surface area contributed by atoms with Crippen LogP contribution in [0.3, 0.4) is 0 Å². The third kappa shape index (κ3) is 3.27. The van der Waals surface area contributed by atoms with Gasteiger partial charge in [0.2, 0.25) is 0 Å². The lowest BCUT2D eigenvalue weighted by Gasteiger charge is -2.07. The van der Waals surface area contributed by atoms with E-state index in [0.29, 0.717) is 17.1 Å². The summed E-state index contributed by atoms with van der Waals surface area (Å²) in [5.74, 6) is 0. The Morgan fingerprint density at radius 2 is 2.10 bits per heavy atom. The highest BCUT2D eigenvalue weighted by molar-refractivity contribution is 7.14. The predicted octanol–water partition coefficient (Wildman–Crippen LogP) is 5.61. The Kier molecular flexibility index (Phi) is 4.26. The van der Waals surface area contributed by atoms with E-state index in [1.165, 1.54) is 15.3 Å². The highest BCUT2D eigenvalue weighted by Crippen LogP contribution is 2.30. The van der Waals surface area contributed by atoms with E-state index in [2.05, 4.69) is 40.3 Å².